The Balaban J connectivity index is 1.96. The van der Waals surface area contributed by atoms with Crippen molar-refractivity contribution in [2.45, 2.75) is 32.4 Å². The largest absolute Gasteiger partial charge is 0.329 e. The van der Waals surface area contributed by atoms with E-state index in [1.165, 1.54) is 6.42 Å². The van der Waals surface area contributed by atoms with Crippen LogP contribution in [0.25, 0.3) is 5.65 Å². The van der Waals surface area contributed by atoms with Gasteiger partial charge in [-0.05, 0) is 37.9 Å². The van der Waals surface area contributed by atoms with E-state index in [1.807, 2.05) is 19.1 Å². The summed E-state index contributed by atoms with van der Waals surface area (Å²) in [5, 5.41) is 0. The Hall–Kier alpha value is -1.72. The molecule has 0 saturated carbocycles. The van der Waals surface area contributed by atoms with Crippen LogP contribution in [0.2, 0.25) is 0 Å². The van der Waals surface area contributed by atoms with E-state index in [9.17, 15) is 4.79 Å². The van der Waals surface area contributed by atoms with Crippen LogP contribution in [0.4, 0.5) is 0 Å². The molecule has 0 spiro atoms. The summed E-state index contributed by atoms with van der Waals surface area (Å²) in [6, 6.07) is 5.91. The first-order chi connectivity index (χ1) is 9.69. The number of hydrogen-bond donors (Lipinski definition) is 1. The Morgan fingerprint density at radius 1 is 1.50 bits per heavy atom. The van der Waals surface area contributed by atoms with Crippen LogP contribution in [-0.4, -0.2) is 33.4 Å². The smallest absolute Gasteiger partial charge is 0.258 e. The fourth-order valence-corrected chi connectivity index (χ4v) is 2.97. The Labute approximate surface area is 118 Å². The van der Waals surface area contributed by atoms with Crippen molar-refractivity contribution in [2.75, 3.05) is 13.1 Å². The third-order valence-electron chi connectivity index (χ3n) is 4.08. The van der Waals surface area contributed by atoms with Gasteiger partial charge in [-0.1, -0.05) is 6.07 Å². The molecule has 0 bridgehead atoms. The van der Waals surface area contributed by atoms with Gasteiger partial charge in [0.2, 0.25) is 0 Å². The van der Waals surface area contributed by atoms with Gasteiger partial charge in [-0.2, -0.15) is 0 Å². The van der Waals surface area contributed by atoms with E-state index in [0.29, 0.717) is 19.1 Å². The first-order valence-corrected chi connectivity index (χ1v) is 7.11. The minimum Gasteiger partial charge on any atom is -0.329 e. The topological polar surface area (TPSA) is 63.6 Å². The van der Waals surface area contributed by atoms with Crippen molar-refractivity contribution in [2.24, 2.45) is 5.73 Å². The molecule has 0 radical (unpaired) electrons. The van der Waals surface area contributed by atoms with Gasteiger partial charge in [-0.3, -0.25) is 14.1 Å². The Kier molecular flexibility index (Phi) is 3.54. The van der Waals surface area contributed by atoms with E-state index in [-0.39, 0.29) is 5.56 Å². The lowest BCUT2D eigenvalue weighted by Crippen LogP contribution is -2.35. The summed E-state index contributed by atoms with van der Waals surface area (Å²) >= 11 is 0. The normalized spacial score (nSPS) is 19.8. The SMILES string of the molecule is Cc1cccn2c(=O)cc(CN3CCCC3CN)nc12. The van der Waals surface area contributed by atoms with Crippen molar-refractivity contribution in [3.05, 3.63) is 46.0 Å². The predicted octanol–water partition coefficient (Wildman–Crippen LogP) is 0.926. The maximum atomic E-state index is 12.2. The fourth-order valence-electron chi connectivity index (χ4n) is 2.97. The van der Waals surface area contributed by atoms with Gasteiger partial charge in [0, 0.05) is 31.4 Å². The fraction of sp³-hybridized carbons (Fsp3) is 0.467. The van der Waals surface area contributed by atoms with Gasteiger partial charge in [0.15, 0.2) is 0 Å². The van der Waals surface area contributed by atoms with Crippen LogP contribution in [0.15, 0.2) is 29.2 Å². The lowest BCUT2D eigenvalue weighted by atomic mass is 10.2. The quantitative estimate of drug-likeness (QED) is 0.902. The van der Waals surface area contributed by atoms with E-state index >= 15 is 0 Å². The zero-order valence-corrected chi connectivity index (χ0v) is 11.7. The molecule has 1 fully saturated rings. The molecule has 3 heterocycles. The standard InChI is InChI=1S/C15H20N4O/c1-11-4-2-7-19-14(20)8-12(17-15(11)19)10-18-6-3-5-13(18)9-16/h2,4,7-8,13H,3,5-6,9-10,16H2,1H3. The summed E-state index contributed by atoms with van der Waals surface area (Å²) in [5.41, 5.74) is 8.38. The second kappa shape index (κ2) is 5.34. The summed E-state index contributed by atoms with van der Waals surface area (Å²) in [6.45, 7) is 4.40. The van der Waals surface area contributed by atoms with Crippen molar-refractivity contribution in [1.29, 1.82) is 0 Å². The Morgan fingerprint density at radius 2 is 2.35 bits per heavy atom. The summed E-state index contributed by atoms with van der Waals surface area (Å²) in [6.07, 6.45) is 4.08. The zero-order valence-electron chi connectivity index (χ0n) is 11.7. The highest BCUT2D eigenvalue weighted by Crippen LogP contribution is 2.18. The van der Waals surface area contributed by atoms with Gasteiger partial charge >= 0.3 is 0 Å². The Morgan fingerprint density at radius 3 is 3.15 bits per heavy atom. The van der Waals surface area contributed by atoms with Gasteiger partial charge in [-0.25, -0.2) is 4.98 Å². The van der Waals surface area contributed by atoms with Crippen molar-refractivity contribution < 1.29 is 0 Å². The van der Waals surface area contributed by atoms with E-state index < -0.39 is 0 Å². The number of fused-ring (bicyclic) bond motifs is 1. The highest BCUT2D eigenvalue weighted by atomic mass is 16.1. The molecule has 0 aromatic carbocycles. The molecule has 1 aliphatic heterocycles. The number of nitrogens with two attached hydrogens (primary N) is 1. The molecule has 0 aliphatic carbocycles. The van der Waals surface area contributed by atoms with Crippen molar-refractivity contribution in [1.82, 2.24) is 14.3 Å². The second-order valence-corrected chi connectivity index (χ2v) is 5.47. The average molecular weight is 272 g/mol. The molecule has 106 valence electrons. The maximum Gasteiger partial charge on any atom is 0.258 e. The monoisotopic (exact) mass is 272 g/mol. The van der Waals surface area contributed by atoms with Crippen LogP contribution in [0, 0.1) is 6.92 Å². The number of rotatable bonds is 3. The molecule has 2 aromatic rings. The van der Waals surface area contributed by atoms with Crippen LogP contribution < -0.4 is 11.3 Å². The molecule has 2 aromatic heterocycles. The molecule has 1 aliphatic rings. The molecular formula is C15H20N4O. The van der Waals surface area contributed by atoms with Crippen LogP contribution in [0.5, 0.6) is 0 Å². The second-order valence-electron chi connectivity index (χ2n) is 5.47. The zero-order chi connectivity index (χ0) is 14.1. The lowest BCUT2D eigenvalue weighted by molar-refractivity contribution is 0.247. The molecule has 20 heavy (non-hydrogen) atoms. The average Bonchev–Trinajstić information content (AvgIpc) is 2.87. The highest BCUT2D eigenvalue weighted by molar-refractivity contribution is 5.46. The first-order valence-electron chi connectivity index (χ1n) is 7.11. The maximum absolute atomic E-state index is 12.2. The lowest BCUT2D eigenvalue weighted by Gasteiger charge is -2.22. The number of aromatic nitrogens is 2. The van der Waals surface area contributed by atoms with Gasteiger partial charge in [0.25, 0.3) is 5.56 Å². The summed E-state index contributed by atoms with van der Waals surface area (Å²) in [4.78, 5) is 19.1. The van der Waals surface area contributed by atoms with Gasteiger partial charge < -0.3 is 5.73 Å². The minimum atomic E-state index is -0.0165. The summed E-state index contributed by atoms with van der Waals surface area (Å²) in [7, 11) is 0. The summed E-state index contributed by atoms with van der Waals surface area (Å²) < 4.78 is 1.60. The number of pyridine rings is 1. The van der Waals surface area contributed by atoms with Gasteiger partial charge in [0.1, 0.15) is 5.65 Å². The van der Waals surface area contributed by atoms with Crippen molar-refractivity contribution >= 4 is 5.65 Å². The van der Waals surface area contributed by atoms with E-state index in [2.05, 4.69) is 9.88 Å². The summed E-state index contributed by atoms with van der Waals surface area (Å²) in [5.74, 6) is 0. The third-order valence-corrected chi connectivity index (χ3v) is 4.08. The van der Waals surface area contributed by atoms with E-state index in [0.717, 1.165) is 29.9 Å². The van der Waals surface area contributed by atoms with Gasteiger partial charge in [-0.15, -0.1) is 0 Å². The molecule has 5 heteroatoms. The van der Waals surface area contributed by atoms with E-state index in [1.54, 1.807) is 16.7 Å². The molecule has 3 rings (SSSR count). The van der Waals surface area contributed by atoms with Crippen molar-refractivity contribution in [3.63, 3.8) is 0 Å². The minimum absolute atomic E-state index is 0.0165. The number of likely N-dealkylation sites (tertiary alicyclic amines) is 1. The molecule has 1 saturated heterocycles. The molecule has 0 amide bonds. The third kappa shape index (κ3) is 2.34. The Bertz CT molecular complexity index is 679. The first kappa shape index (κ1) is 13.3. The molecule has 1 unspecified atom stereocenters. The molecule has 1 atom stereocenters. The number of aryl methyl sites for hydroxylation is 1. The predicted molar refractivity (Wildman–Crippen MR) is 78.7 cm³/mol. The van der Waals surface area contributed by atoms with Crippen molar-refractivity contribution in [3.8, 4) is 0 Å². The van der Waals surface area contributed by atoms with Crippen LogP contribution in [0.3, 0.4) is 0 Å². The van der Waals surface area contributed by atoms with E-state index in [4.69, 9.17) is 5.73 Å². The van der Waals surface area contributed by atoms with Crippen LogP contribution >= 0.6 is 0 Å². The number of nitrogens with zero attached hydrogens (tertiary/aromatic N) is 3. The highest BCUT2D eigenvalue weighted by Gasteiger charge is 2.23. The molecule has 5 nitrogen and oxygen atoms in total. The molecule has 2 N–H and O–H groups in total. The number of hydrogen-bond acceptors (Lipinski definition) is 4. The van der Waals surface area contributed by atoms with Crippen LogP contribution in [0.1, 0.15) is 24.1 Å². The van der Waals surface area contributed by atoms with Crippen LogP contribution in [-0.2, 0) is 6.54 Å². The van der Waals surface area contributed by atoms with Gasteiger partial charge in [0.05, 0.1) is 5.69 Å². The molecular weight excluding hydrogens is 252 g/mol.